The third-order valence-electron chi connectivity index (χ3n) is 8.90. The number of aromatic amines is 1. The van der Waals surface area contributed by atoms with E-state index in [-0.39, 0.29) is 29.3 Å². The number of carbonyl (C=O) groups is 3. The highest BCUT2D eigenvalue weighted by Crippen LogP contribution is 2.35. The molecule has 270 valence electrons. The van der Waals surface area contributed by atoms with E-state index in [1.807, 2.05) is 115 Å². The lowest BCUT2D eigenvalue weighted by Gasteiger charge is -2.17. The number of para-hydroxylation sites is 1. The van der Waals surface area contributed by atoms with Crippen LogP contribution in [0, 0.1) is 0 Å². The standard InChI is InChI=1S/C43H35BrN4O5S/c44-31-18-21-34(43(51)52)36(24-31)47-41(50)39-40(29-11-5-2-6-12-29)54-42(48-39)37(46-38(49)22-17-30-25-45-35-14-8-7-13-33(30)35)23-27-15-19-32(20-16-27)53-26-28-9-3-1-4-10-28/h1-16,18-21,24-25,37,45H,17,22-23,26H2,(H,46,49)(H,47,50)(H,51,52)/t37-/m0/s1. The summed E-state index contributed by atoms with van der Waals surface area (Å²) in [6, 6.07) is 39.1. The molecule has 0 saturated heterocycles. The number of hydrogen-bond acceptors (Lipinski definition) is 6. The highest BCUT2D eigenvalue weighted by atomic mass is 79.9. The van der Waals surface area contributed by atoms with Crippen molar-refractivity contribution in [1.29, 1.82) is 0 Å². The van der Waals surface area contributed by atoms with Crippen LogP contribution in [-0.4, -0.2) is 32.9 Å². The van der Waals surface area contributed by atoms with Crippen LogP contribution in [0.5, 0.6) is 5.75 Å². The van der Waals surface area contributed by atoms with Gasteiger partial charge in [-0.3, -0.25) is 9.59 Å². The Morgan fingerprint density at radius 3 is 2.33 bits per heavy atom. The first kappa shape index (κ1) is 36.3. The molecular weight excluding hydrogens is 764 g/mol. The fourth-order valence-corrected chi connectivity index (χ4v) is 7.64. The Labute approximate surface area is 324 Å². The van der Waals surface area contributed by atoms with Gasteiger partial charge in [0.2, 0.25) is 5.91 Å². The van der Waals surface area contributed by atoms with Crippen molar-refractivity contribution in [2.75, 3.05) is 5.32 Å². The third-order valence-corrected chi connectivity index (χ3v) is 10.6. The van der Waals surface area contributed by atoms with Gasteiger partial charge >= 0.3 is 5.97 Å². The molecule has 7 rings (SSSR count). The zero-order valence-corrected chi connectivity index (χ0v) is 31.3. The second kappa shape index (κ2) is 16.7. The molecule has 2 amide bonds. The number of aromatic nitrogens is 2. The highest BCUT2D eigenvalue weighted by molar-refractivity contribution is 9.10. The monoisotopic (exact) mass is 798 g/mol. The molecule has 0 spiro atoms. The van der Waals surface area contributed by atoms with Crippen LogP contribution in [0.2, 0.25) is 0 Å². The Hall–Kier alpha value is -6.04. The number of carboxylic acid groups (broad SMARTS) is 1. The van der Waals surface area contributed by atoms with Crippen molar-refractivity contribution in [1.82, 2.24) is 15.3 Å². The number of aryl methyl sites for hydroxylation is 1. The summed E-state index contributed by atoms with van der Waals surface area (Å²) >= 11 is 4.69. The Bertz CT molecular complexity index is 2410. The predicted molar refractivity (Wildman–Crippen MR) is 215 cm³/mol. The molecule has 4 N–H and O–H groups in total. The van der Waals surface area contributed by atoms with Crippen LogP contribution in [0.3, 0.4) is 0 Å². The molecule has 0 unspecified atom stereocenters. The molecule has 0 aliphatic carbocycles. The quantitative estimate of drug-likeness (QED) is 0.0866. The number of hydrogen-bond donors (Lipinski definition) is 4. The molecule has 0 radical (unpaired) electrons. The number of amides is 2. The molecule has 7 aromatic rings. The number of thiazole rings is 1. The van der Waals surface area contributed by atoms with Gasteiger partial charge in [0, 0.05) is 28.0 Å². The fourth-order valence-electron chi connectivity index (χ4n) is 6.16. The average Bonchev–Trinajstić information content (AvgIpc) is 3.83. The topological polar surface area (TPSA) is 133 Å². The second-order valence-corrected chi connectivity index (χ2v) is 14.6. The molecule has 0 aliphatic rings. The van der Waals surface area contributed by atoms with Gasteiger partial charge in [-0.2, -0.15) is 0 Å². The van der Waals surface area contributed by atoms with E-state index in [0.717, 1.165) is 38.9 Å². The van der Waals surface area contributed by atoms with Crippen LogP contribution in [0.25, 0.3) is 21.3 Å². The van der Waals surface area contributed by atoms with Crippen molar-refractivity contribution < 1.29 is 24.2 Å². The lowest BCUT2D eigenvalue weighted by Crippen LogP contribution is -2.30. The van der Waals surface area contributed by atoms with Crippen LogP contribution in [0.15, 0.2) is 138 Å². The zero-order valence-electron chi connectivity index (χ0n) is 28.9. The van der Waals surface area contributed by atoms with E-state index >= 15 is 0 Å². The Morgan fingerprint density at radius 1 is 0.852 bits per heavy atom. The summed E-state index contributed by atoms with van der Waals surface area (Å²) in [6.07, 6.45) is 3.12. The minimum atomic E-state index is -1.17. The molecule has 1 atom stereocenters. The second-order valence-electron chi connectivity index (χ2n) is 12.6. The summed E-state index contributed by atoms with van der Waals surface area (Å²) in [6.45, 7) is 0.440. The number of halogens is 1. The minimum Gasteiger partial charge on any atom is -0.489 e. The lowest BCUT2D eigenvalue weighted by atomic mass is 10.0. The number of aromatic carboxylic acids is 1. The molecule has 0 fully saturated rings. The van der Waals surface area contributed by atoms with Gasteiger partial charge in [0.15, 0.2) is 0 Å². The van der Waals surface area contributed by atoms with Gasteiger partial charge < -0.3 is 25.5 Å². The number of nitrogens with zero attached hydrogens (tertiary/aromatic N) is 1. The van der Waals surface area contributed by atoms with Crippen molar-refractivity contribution in [2.45, 2.75) is 31.9 Å². The van der Waals surface area contributed by atoms with Crippen LogP contribution < -0.4 is 15.4 Å². The molecule has 5 aromatic carbocycles. The first-order valence-electron chi connectivity index (χ1n) is 17.3. The van der Waals surface area contributed by atoms with Crippen LogP contribution in [0.4, 0.5) is 5.69 Å². The third kappa shape index (κ3) is 8.76. The molecule has 0 bridgehead atoms. The predicted octanol–water partition coefficient (Wildman–Crippen LogP) is 9.62. The van der Waals surface area contributed by atoms with Gasteiger partial charge in [-0.1, -0.05) is 107 Å². The number of carboxylic acids is 1. The number of fused-ring (bicyclic) bond motifs is 1. The number of nitrogens with one attached hydrogen (secondary N) is 3. The van der Waals surface area contributed by atoms with E-state index in [2.05, 4.69) is 31.5 Å². The van der Waals surface area contributed by atoms with Crippen molar-refractivity contribution in [3.63, 3.8) is 0 Å². The van der Waals surface area contributed by atoms with E-state index in [9.17, 15) is 19.5 Å². The smallest absolute Gasteiger partial charge is 0.337 e. The maximum Gasteiger partial charge on any atom is 0.337 e. The van der Waals surface area contributed by atoms with Crippen LogP contribution in [0.1, 0.15) is 55.0 Å². The highest BCUT2D eigenvalue weighted by Gasteiger charge is 2.27. The van der Waals surface area contributed by atoms with Crippen molar-refractivity contribution >= 4 is 61.6 Å². The summed E-state index contributed by atoms with van der Waals surface area (Å²) in [5, 5.41) is 17.4. The van der Waals surface area contributed by atoms with Crippen molar-refractivity contribution in [2.24, 2.45) is 0 Å². The Morgan fingerprint density at radius 2 is 1.57 bits per heavy atom. The van der Waals surface area contributed by atoms with Crippen LogP contribution >= 0.6 is 27.3 Å². The molecular formula is C43H35BrN4O5S. The molecule has 2 heterocycles. The summed E-state index contributed by atoms with van der Waals surface area (Å²) < 4.78 is 6.61. The fraction of sp³-hybridized carbons (Fsp3) is 0.116. The summed E-state index contributed by atoms with van der Waals surface area (Å²) in [5.74, 6) is -1.18. The number of ether oxygens (including phenoxy) is 1. The molecule has 9 nitrogen and oxygen atoms in total. The Kier molecular flexibility index (Phi) is 11.3. The van der Waals surface area contributed by atoms with Gasteiger partial charge in [0.05, 0.1) is 22.2 Å². The number of carbonyl (C=O) groups excluding carboxylic acids is 2. The van der Waals surface area contributed by atoms with Crippen LogP contribution in [-0.2, 0) is 24.2 Å². The largest absolute Gasteiger partial charge is 0.489 e. The first-order valence-corrected chi connectivity index (χ1v) is 18.9. The van der Waals surface area contributed by atoms with E-state index in [0.29, 0.717) is 33.8 Å². The van der Waals surface area contributed by atoms with E-state index in [1.54, 1.807) is 12.1 Å². The normalized spacial score (nSPS) is 11.6. The zero-order chi connectivity index (χ0) is 37.4. The lowest BCUT2D eigenvalue weighted by molar-refractivity contribution is -0.121. The number of H-pyrrole nitrogens is 1. The summed E-state index contributed by atoms with van der Waals surface area (Å²) in [5.41, 5.74) is 5.04. The number of anilines is 1. The first-order chi connectivity index (χ1) is 26.3. The average molecular weight is 800 g/mol. The van der Waals surface area contributed by atoms with Gasteiger partial charge in [0.25, 0.3) is 5.91 Å². The summed E-state index contributed by atoms with van der Waals surface area (Å²) in [7, 11) is 0. The SMILES string of the molecule is O=C(CCc1c[nH]c2ccccc12)N[C@@H](Cc1ccc(OCc2ccccc2)cc1)c1nc(C(=O)Nc2cc(Br)ccc2C(=O)O)c(-c2ccccc2)s1. The van der Waals surface area contributed by atoms with Crippen molar-refractivity contribution in [3.05, 3.63) is 171 Å². The van der Waals surface area contributed by atoms with Gasteiger partial charge in [-0.25, -0.2) is 9.78 Å². The van der Waals surface area contributed by atoms with E-state index in [4.69, 9.17) is 9.72 Å². The van der Waals surface area contributed by atoms with E-state index < -0.39 is 17.9 Å². The summed E-state index contributed by atoms with van der Waals surface area (Å²) in [4.78, 5) is 48.4. The number of rotatable bonds is 14. The van der Waals surface area contributed by atoms with Crippen molar-refractivity contribution in [3.8, 4) is 16.2 Å². The Balaban J connectivity index is 1.18. The van der Waals surface area contributed by atoms with E-state index in [1.165, 1.54) is 17.4 Å². The molecule has 11 heteroatoms. The van der Waals surface area contributed by atoms with Gasteiger partial charge in [0.1, 0.15) is 23.1 Å². The molecule has 0 aliphatic heterocycles. The van der Waals surface area contributed by atoms with Gasteiger partial charge in [-0.05, 0) is 71.5 Å². The van der Waals surface area contributed by atoms with Gasteiger partial charge in [-0.15, -0.1) is 11.3 Å². The molecule has 0 saturated carbocycles. The number of benzene rings is 5. The molecule has 54 heavy (non-hydrogen) atoms. The minimum absolute atomic E-state index is 0.0557. The maximum atomic E-state index is 14.0. The molecule has 2 aromatic heterocycles. The maximum absolute atomic E-state index is 14.0.